The Morgan fingerprint density at radius 3 is 2.47 bits per heavy atom. The minimum atomic E-state index is -4.43. The van der Waals surface area contributed by atoms with Crippen molar-refractivity contribution in [1.82, 2.24) is 9.97 Å². The summed E-state index contributed by atoms with van der Waals surface area (Å²) in [6.45, 7) is 0. The number of H-pyrrole nitrogens is 1. The molecule has 0 radical (unpaired) electrons. The van der Waals surface area contributed by atoms with Crippen LogP contribution in [0.2, 0.25) is 0 Å². The van der Waals surface area contributed by atoms with Crippen molar-refractivity contribution in [3.05, 3.63) is 83.7 Å². The molecule has 0 bridgehead atoms. The molecular formula is C22H16F3N3OS. The summed E-state index contributed by atoms with van der Waals surface area (Å²) in [5, 5.41) is 5.57. The fourth-order valence-electron chi connectivity index (χ4n) is 3.23. The molecule has 1 heterocycles. The lowest BCUT2D eigenvalue weighted by atomic mass is 10.1. The van der Waals surface area contributed by atoms with Crippen LogP contribution < -0.4 is 5.14 Å². The number of benzene rings is 3. The van der Waals surface area contributed by atoms with Crippen LogP contribution in [-0.4, -0.2) is 14.2 Å². The van der Waals surface area contributed by atoms with Gasteiger partial charge in [-0.2, -0.15) is 13.2 Å². The third-order valence-electron chi connectivity index (χ3n) is 4.60. The zero-order chi connectivity index (χ0) is 21.3. The number of nitrogens with two attached hydrogens (primary N) is 1. The van der Waals surface area contributed by atoms with Gasteiger partial charge in [0.2, 0.25) is 0 Å². The first kappa shape index (κ1) is 20.1. The van der Waals surface area contributed by atoms with E-state index in [-0.39, 0.29) is 5.56 Å². The number of aromatic amines is 1. The molecule has 0 fully saturated rings. The van der Waals surface area contributed by atoms with Crippen LogP contribution in [0, 0.1) is 0 Å². The second-order valence-electron chi connectivity index (χ2n) is 6.57. The zero-order valence-corrected chi connectivity index (χ0v) is 16.3. The van der Waals surface area contributed by atoms with Gasteiger partial charge in [0, 0.05) is 0 Å². The van der Waals surface area contributed by atoms with Gasteiger partial charge >= 0.3 is 6.18 Å². The Morgan fingerprint density at radius 1 is 0.967 bits per heavy atom. The predicted molar refractivity (Wildman–Crippen MR) is 112 cm³/mol. The third-order valence-corrected chi connectivity index (χ3v) is 5.39. The molecule has 4 nitrogen and oxygen atoms in total. The maximum atomic E-state index is 13.1. The summed E-state index contributed by atoms with van der Waals surface area (Å²) in [6, 6.07) is 18.0. The minimum Gasteiger partial charge on any atom is -0.338 e. The molecule has 1 aromatic heterocycles. The molecule has 4 aromatic rings. The van der Waals surface area contributed by atoms with Crippen LogP contribution in [0.15, 0.2) is 71.6 Å². The lowest BCUT2D eigenvalue weighted by molar-refractivity contribution is -0.137. The van der Waals surface area contributed by atoms with Crippen molar-refractivity contribution in [2.24, 2.45) is 5.14 Å². The Balaban J connectivity index is 1.70. The van der Waals surface area contributed by atoms with Crippen LogP contribution in [0.4, 0.5) is 13.2 Å². The van der Waals surface area contributed by atoms with Crippen molar-refractivity contribution in [3.8, 4) is 11.1 Å². The molecule has 152 valence electrons. The van der Waals surface area contributed by atoms with E-state index in [1.54, 1.807) is 24.3 Å². The number of fused-ring (bicyclic) bond motifs is 1. The molecule has 0 saturated carbocycles. The zero-order valence-electron chi connectivity index (χ0n) is 15.5. The van der Waals surface area contributed by atoms with Crippen molar-refractivity contribution in [2.45, 2.75) is 11.1 Å². The molecule has 0 saturated heterocycles. The summed E-state index contributed by atoms with van der Waals surface area (Å²) in [6.07, 6.45) is -1.54. The minimum absolute atomic E-state index is 0.0606. The summed E-state index contributed by atoms with van der Waals surface area (Å²) in [5.41, 5.74) is 2.27. The second-order valence-corrected chi connectivity index (χ2v) is 7.60. The number of halogens is 3. The van der Waals surface area contributed by atoms with E-state index in [0.717, 1.165) is 17.2 Å². The van der Waals surface area contributed by atoms with Crippen molar-refractivity contribution in [2.75, 3.05) is 0 Å². The van der Waals surface area contributed by atoms with Gasteiger partial charge in [-0.25, -0.2) is 14.3 Å². The molecule has 0 amide bonds. The molecule has 3 N–H and O–H groups in total. The van der Waals surface area contributed by atoms with Gasteiger partial charge in [-0.3, -0.25) is 0 Å². The largest absolute Gasteiger partial charge is 0.416 e. The molecule has 0 aliphatic rings. The van der Waals surface area contributed by atoms with Crippen LogP contribution in [-0.2, 0) is 17.2 Å². The standard InChI is InChI=1S/C22H16F3N3OS/c23-22(24,25)17-7-3-1-5-14(17)10-12-21-27-18-11-9-15(13-19(18)28-21)16-6-2-4-8-20(16)30(26)29/h1-13H,26H2,(H,27,28)/b12-10+. The van der Waals surface area contributed by atoms with E-state index in [0.29, 0.717) is 21.8 Å². The molecule has 0 aliphatic heterocycles. The Labute approximate surface area is 172 Å². The summed E-state index contributed by atoms with van der Waals surface area (Å²) >= 11 is 0. The highest BCUT2D eigenvalue weighted by atomic mass is 32.2. The van der Waals surface area contributed by atoms with Gasteiger partial charge in [0.1, 0.15) is 16.8 Å². The number of nitrogens with zero attached hydrogens (tertiary/aromatic N) is 1. The van der Waals surface area contributed by atoms with Gasteiger partial charge in [-0.15, -0.1) is 0 Å². The van der Waals surface area contributed by atoms with Crippen molar-refractivity contribution >= 4 is 34.2 Å². The quantitative estimate of drug-likeness (QED) is 0.458. The monoisotopic (exact) mass is 427 g/mol. The van der Waals surface area contributed by atoms with Crippen molar-refractivity contribution in [3.63, 3.8) is 0 Å². The van der Waals surface area contributed by atoms with Crippen LogP contribution in [0.1, 0.15) is 17.0 Å². The normalized spacial score (nSPS) is 13.2. The van der Waals surface area contributed by atoms with Gasteiger partial charge in [0.15, 0.2) is 0 Å². The van der Waals surface area contributed by atoms with E-state index in [1.165, 1.54) is 24.3 Å². The molecule has 1 atom stereocenters. The van der Waals surface area contributed by atoms with Crippen LogP contribution in [0.5, 0.6) is 0 Å². The number of nitrogens with one attached hydrogen (secondary N) is 1. The average Bonchev–Trinajstić information content (AvgIpc) is 3.14. The van der Waals surface area contributed by atoms with Gasteiger partial charge in [-0.1, -0.05) is 48.5 Å². The van der Waals surface area contributed by atoms with Crippen molar-refractivity contribution in [1.29, 1.82) is 0 Å². The first-order chi connectivity index (χ1) is 14.3. The predicted octanol–water partition coefficient (Wildman–Crippen LogP) is 5.40. The molecule has 3 aromatic carbocycles. The number of aromatic nitrogens is 2. The van der Waals surface area contributed by atoms with E-state index in [2.05, 4.69) is 9.97 Å². The Morgan fingerprint density at radius 2 is 1.70 bits per heavy atom. The number of alkyl halides is 3. The SMILES string of the molecule is NS(=O)c1ccccc1-c1ccc2nc(/C=C/c3ccccc3C(F)(F)F)[nH]c2c1. The first-order valence-corrected chi connectivity index (χ1v) is 10.1. The number of rotatable bonds is 4. The number of hydrogen-bond donors (Lipinski definition) is 2. The van der Waals surface area contributed by atoms with Gasteiger partial charge < -0.3 is 4.98 Å². The highest BCUT2D eigenvalue weighted by molar-refractivity contribution is 7.82. The highest BCUT2D eigenvalue weighted by Crippen LogP contribution is 2.33. The second kappa shape index (κ2) is 7.89. The molecule has 0 aliphatic carbocycles. The topological polar surface area (TPSA) is 71.8 Å². The van der Waals surface area contributed by atoms with E-state index in [1.807, 2.05) is 24.3 Å². The van der Waals surface area contributed by atoms with E-state index >= 15 is 0 Å². The Kier molecular flexibility index (Phi) is 5.27. The van der Waals surface area contributed by atoms with Gasteiger partial charge in [0.25, 0.3) is 0 Å². The smallest absolute Gasteiger partial charge is 0.338 e. The van der Waals surface area contributed by atoms with Crippen LogP contribution in [0.25, 0.3) is 34.3 Å². The van der Waals surface area contributed by atoms with E-state index in [4.69, 9.17) is 5.14 Å². The molecule has 8 heteroatoms. The van der Waals surface area contributed by atoms with E-state index < -0.39 is 22.7 Å². The lowest BCUT2D eigenvalue weighted by Gasteiger charge is -2.09. The fourth-order valence-corrected chi connectivity index (χ4v) is 3.84. The summed E-state index contributed by atoms with van der Waals surface area (Å²) < 4.78 is 51.3. The lowest BCUT2D eigenvalue weighted by Crippen LogP contribution is -2.06. The molecular weight excluding hydrogens is 411 g/mol. The summed E-state index contributed by atoms with van der Waals surface area (Å²) in [7, 11) is -1.63. The third kappa shape index (κ3) is 4.05. The first-order valence-electron chi connectivity index (χ1n) is 8.92. The van der Waals surface area contributed by atoms with E-state index in [9.17, 15) is 17.4 Å². The maximum absolute atomic E-state index is 13.1. The molecule has 1 unspecified atom stereocenters. The maximum Gasteiger partial charge on any atom is 0.416 e. The number of hydrogen-bond acceptors (Lipinski definition) is 2. The molecule has 0 spiro atoms. The highest BCUT2D eigenvalue weighted by Gasteiger charge is 2.32. The van der Waals surface area contributed by atoms with Crippen molar-refractivity contribution < 1.29 is 17.4 Å². The Bertz CT molecular complexity index is 1280. The van der Waals surface area contributed by atoms with Crippen LogP contribution in [0.3, 0.4) is 0 Å². The summed E-state index contributed by atoms with van der Waals surface area (Å²) in [5.74, 6) is 0.426. The van der Waals surface area contributed by atoms with Crippen LogP contribution >= 0.6 is 0 Å². The average molecular weight is 427 g/mol. The summed E-state index contributed by atoms with van der Waals surface area (Å²) in [4.78, 5) is 8.01. The Hall–Kier alpha value is -3.23. The van der Waals surface area contributed by atoms with Gasteiger partial charge in [0.05, 0.1) is 21.5 Å². The molecule has 4 rings (SSSR count). The number of imidazole rings is 1. The molecule has 30 heavy (non-hydrogen) atoms. The van der Waals surface area contributed by atoms with Gasteiger partial charge in [-0.05, 0) is 47.0 Å². The fraction of sp³-hybridized carbons (Fsp3) is 0.0455.